The number of hydrogen-bond donors (Lipinski definition) is 1. The number of carbonyl (C=O) groups excluding carboxylic acids is 1. The van der Waals surface area contributed by atoms with E-state index in [1.165, 1.54) is 22.6 Å². The number of aryl methyl sites for hydroxylation is 3. The topological polar surface area (TPSA) is 113 Å². The van der Waals surface area contributed by atoms with Crippen molar-refractivity contribution in [3.05, 3.63) is 121 Å². The first-order valence-corrected chi connectivity index (χ1v) is 14.2. The molecule has 0 saturated carbocycles. The fraction of sp³-hybridized carbons (Fsp3) is 0.250. The van der Waals surface area contributed by atoms with Crippen LogP contribution >= 0.6 is 11.8 Å². The first-order chi connectivity index (χ1) is 19.2. The maximum absolute atomic E-state index is 13.6. The molecule has 0 bridgehead atoms. The molecule has 2 aliphatic rings. The number of nitro benzene ring substituents is 1. The number of carbonyl (C=O) groups is 1. The van der Waals surface area contributed by atoms with Crippen molar-refractivity contribution < 1.29 is 9.72 Å². The predicted molar refractivity (Wildman–Crippen MR) is 158 cm³/mol. The number of non-ortho nitro benzene ring substituents is 1. The van der Waals surface area contributed by atoms with Crippen LogP contribution in [0.5, 0.6) is 0 Å². The van der Waals surface area contributed by atoms with Gasteiger partial charge in [-0.2, -0.15) is 5.26 Å². The lowest BCUT2D eigenvalue weighted by atomic mass is 9.74. The number of allylic oxidation sites excluding steroid dienone is 3. The lowest BCUT2D eigenvalue weighted by molar-refractivity contribution is -0.384. The summed E-state index contributed by atoms with van der Waals surface area (Å²) < 4.78 is 0. The minimum atomic E-state index is -0.591. The number of hydrogen-bond acceptors (Lipinski definition) is 7. The Bertz CT molecular complexity index is 1630. The van der Waals surface area contributed by atoms with Gasteiger partial charge in [-0.1, -0.05) is 35.9 Å². The molecule has 8 heteroatoms. The van der Waals surface area contributed by atoms with Gasteiger partial charge in [0, 0.05) is 40.5 Å². The van der Waals surface area contributed by atoms with Crippen molar-refractivity contribution in [2.75, 3.05) is 4.90 Å². The summed E-state index contributed by atoms with van der Waals surface area (Å²) in [6.07, 6.45) is 1.62. The maximum Gasteiger partial charge on any atom is 0.271 e. The highest BCUT2D eigenvalue weighted by atomic mass is 32.2. The zero-order chi connectivity index (χ0) is 28.6. The number of nitrogens with two attached hydrogens (primary N) is 1. The van der Waals surface area contributed by atoms with Gasteiger partial charge < -0.3 is 5.73 Å². The first-order valence-electron chi connectivity index (χ1n) is 13.2. The van der Waals surface area contributed by atoms with Crippen LogP contribution in [-0.2, 0) is 10.5 Å². The highest BCUT2D eigenvalue weighted by Crippen LogP contribution is 2.47. The van der Waals surface area contributed by atoms with Crippen molar-refractivity contribution in [3.8, 4) is 6.07 Å². The van der Waals surface area contributed by atoms with Gasteiger partial charge in [-0.15, -0.1) is 11.8 Å². The molecule has 0 fully saturated rings. The molecular formula is C32H30N4O3S. The average Bonchev–Trinajstić information content (AvgIpc) is 2.93. The van der Waals surface area contributed by atoms with E-state index in [4.69, 9.17) is 5.73 Å². The van der Waals surface area contributed by atoms with Gasteiger partial charge in [0.15, 0.2) is 5.78 Å². The second-order valence-corrected chi connectivity index (χ2v) is 11.4. The monoisotopic (exact) mass is 550 g/mol. The lowest BCUT2D eigenvalue weighted by Gasteiger charge is -2.40. The number of benzene rings is 3. The van der Waals surface area contributed by atoms with E-state index >= 15 is 0 Å². The zero-order valence-corrected chi connectivity index (χ0v) is 23.5. The van der Waals surface area contributed by atoms with Crippen LogP contribution in [0.4, 0.5) is 11.4 Å². The fourth-order valence-corrected chi connectivity index (χ4v) is 6.58. The number of nitrogens with zero attached hydrogens (tertiary/aromatic N) is 3. The summed E-state index contributed by atoms with van der Waals surface area (Å²) in [6, 6.07) is 21.1. The van der Waals surface area contributed by atoms with Crippen LogP contribution in [0.1, 0.15) is 53.0 Å². The predicted octanol–water partition coefficient (Wildman–Crippen LogP) is 7.12. The Hall–Kier alpha value is -4.35. The van der Waals surface area contributed by atoms with E-state index < -0.39 is 10.8 Å². The molecule has 0 amide bonds. The van der Waals surface area contributed by atoms with Crippen molar-refractivity contribution in [3.63, 3.8) is 0 Å². The zero-order valence-electron chi connectivity index (χ0n) is 22.7. The van der Waals surface area contributed by atoms with Crippen molar-refractivity contribution in [1.29, 1.82) is 5.26 Å². The Morgan fingerprint density at radius 1 is 1.07 bits per heavy atom. The number of rotatable bonds is 6. The molecule has 202 valence electrons. The third-order valence-corrected chi connectivity index (χ3v) is 8.72. The standard InChI is InChI=1S/C32H30N4O3S/c1-19-10-12-25(13-11-19)40-18-22-15-26(21(3)14-20(22)2)30-27(17-33)32(34)35(28-8-5-9-29(37)31(28)30)23-6-4-7-24(16-23)36(38)39/h4,6-7,10-16,30H,5,8-9,18,34H2,1-3H3. The quantitative estimate of drug-likeness (QED) is 0.197. The van der Waals surface area contributed by atoms with Gasteiger partial charge in [0.25, 0.3) is 5.69 Å². The number of anilines is 1. The van der Waals surface area contributed by atoms with E-state index in [1.807, 2.05) is 6.92 Å². The summed E-state index contributed by atoms with van der Waals surface area (Å²) in [5.41, 5.74) is 14.0. The molecular weight excluding hydrogens is 520 g/mol. The largest absolute Gasteiger partial charge is 0.384 e. The number of nitriles is 1. The minimum absolute atomic E-state index is 0.0162. The van der Waals surface area contributed by atoms with Gasteiger partial charge in [0.1, 0.15) is 5.82 Å². The number of thioether (sulfide) groups is 1. The second-order valence-electron chi connectivity index (χ2n) is 10.3. The van der Waals surface area contributed by atoms with Crippen molar-refractivity contribution in [2.24, 2.45) is 5.73 Å². The van der Waals surface area contributed by atoms with Crippen LogP contribution in [-0.4, -0.2) is 10.7 Å². The number of ketones is 1. The van der Waals surface area contributed by atoms with E-state index in [-0.39, 0.29) is 22.9 Å². The Labute approximate surface area is 238 Å². The van der Waals surface area contributed by atoms with E-state index in [9.17, 15) is 20.2 Å². The highest BCUT2D eigenvalue weighted by molar-refractivity contribution is 7.98. The fourth-order valence-electron chi connectivity index (χ4n) is 5.62. The van der Waals surface area contributed by atoms with Gasteiger partial charge in [-0.05, 0) is 74.1 Å². The van der Waals surface area contributed by atoms with Crippen molar-refractivity contribution >= 4 is 28.9 Å². The highest BCUT2D eigenvalue weighted by Gasteiger charge is 2.41. The third kappa shape index (κ3) is 5.01. The Morgan fingerprint density at radius 2 is 1.82 bits per heavy atom. The molecule has 3 aromatic rings. The van der Waals surface area contributed by atoms with E-state index in [0.717, 1.165) is 28.0 Å². The van der Waals surface area contributed by atoms with Gasteiger partial charge in [-0.3, -0.25) is 19.8 Å². The van der Waals surface area contributed by atoms with Crippen LogP contribution < -0.4 is 10.6 Å². The van der Waals surface area contributed by atoms with Gasteiger partial charge in [-0.25, -0.2) is 0 Å². The number of Topliss-reactive ketones (excluding diaryl/α,β-unsaturated/α-hetero) is 1. The molecule has 1 aliphatic heterocycles. The Balaban J connectivity index is 1.63. The van der Waals surface area contributed by atoms with Gasteiger partial charge in [0.2, 0.25) is 0 Å². The molecule has 2 N–H and O–H groups in total. The molecule has 1 unspecified atom stereocenters. The van der Waals surface area contributed by atoms with E-state index in [2.05, 4.69) is 56.3 Å². The molecule has 0 radical (unpaired) electrons. The van der Waals surface area contributed by atoms with Crippen LogP contribution in [0.2, 0.25) is 0 Å². The Kier molecular flexibility index (Phi) is 7.51. The molecule has 7 nitrogen and oxygen atoms in total. The minimum Gasteiger partial charge on any atom is -0.384 e. The van der Waals surface area contributed by atoms with Crippen molar-refractivity contribution in [1.82, 2.24) is 0 Å². The van der Waals surface area contributed by atoms with Crippen LogP contribution in [0.25, 0.3) is 0 Å². The smallest absolute Gasteiger partial charge is 0.271 e. The maximum atomic E-state index is 13.6. The molecule has 3 aromatic carbocycles. The Morgan fingerprint density at radius 3 is 2.52 bits per heavy atom. The first kappa shape index (κ1) is 27.2. The lowest BCUT2D eigenvalue weighted by Crippen LogP contribution is -2.39. The summed E-state index contributed by atoms with van der Waals surface area (Å²) >= 11 is 1.75. The number of nitro groups is 1. The molecule has 1 aliphatic carbocycles. The molecule has 1 heterocycles. The molecule has 0 saturated heterocycles. The van der Waals surface area contributed by atoms with Crippen molar-refractivity contribution in [2.45, 2.75) is 56.6 Å². The van der Waals surface area contributed by atoms with E-state index in [0.29, 0.717) is 36.2 Å². The summed E-state index contributed by atoms with van der Waals surface area (Å²) in [7, 11) is 0. The summed E-state index contributed by atoms with van der Waals surface area (Å²) in [5, 5.41) is 21.9. The third-order valence-electron chi connectivity index (χ3n) is 7.66. The molecule has 0 aromatic heterocycles. The molecule has 40 heavy (non-hydrogen) atoms. The van der Waals surface area contributed by atoms with Gasteiger partial charge >= 0.3 is 0 Å². The van der Waals surface area contributed by atoms with Crippen LogP contribution in [0.15, 0.2) is 88.2 Å². The molecule has 1 atom stereocenters. The SMILES string of the molecule is Cc1ccc(SCc2cc(C3C(C#N)=C(N)N(c4cccc([N+](=O)[O-])c4)C4=C3C(=O)CCC4)c(C)cc2C)cc1. The molecule has 5 rings (SSSR count). The van der Waals surface area contributed by atoms with Crippen LogP contribution in [0.3, 0.4) is 0 Å². The van der Waals surface area contributed by atoms with Gasteiger partial charge in [0.05, 0.1) is 28.2 Å². The average molecular weight is 551 g/mol. The van der Waals surface area contributed by atoms with E-state index in [1.54, 1.807) is 28.8 Å². The molecule has 0 spiro atoms. The van der Waals surface area contributed by atoms with Crippen LogP contribution in [0, 0.1) is 42.2 Å². The summed E-state index contributed by atoms with van der Waals surface area (Å²) in [5.74, 6) is 0.344. The second kappa shape index (κ2) is 11.0. The normalized spacial score (nSPS) is 17.1. The summed E-state index contributed by atoms with van der Waals surface area (Å²) in [4.78, 5) is 27.4. The summed E-state index contributed by atoms with van der Waals surface area (Å²) in [6.45, 7) is 6.15.